The Hall–Kier alpha value is -2.14. The highest BCUT2D eigenvalue weighted by Gasteiger charge is 2.20. The molecule has 0 aliphatic carbocycles. The van der Waals surface area contributed by atoms with Crippen molar-refractivity contribution in [1.82, 2.24) is 5.32 Å². The molecule has 4 nitrogen and oxygen atoms in total. The smallest absolute Gasteiger partial charge is 0.307 e. The van der Waals surface area contributed by atoms with E-state index in [-0.39, 0.29) is 24.3 Å². The highest BCUT2D eigenvalue weighted by Crippen LogP contribution is 2.23. The van der Waals surface area contributed by atoms with Crippen molar-refractivity contribution < 1.29 is 14.3 Å². The number of esters is 1. The van der Waals surface area contributed by atoms with Crippen LogP contribution in [-0.4, -0.2) is 19.0 Å². The number of carbonyl (C=O) groups excluding carboxylic acids is 2. The Labute approximate surface area is 127 Å². The summed E-state index contributed by atoms with van der Waals surface area (Å²) in [5.41, 5.74) is 1.67. The lowest BCUT2D eigenvalue weighted by molar-refractivity contribution is -0.141. The predicted molar refractivity (Wildman–Crippen MR) is 82.3 cm³/mol. The fourth-order valence-electron chi connectivity index (χ4n) is 1.91. The third kappa shape index (κ3) is 4.16. The van der Waals surface area contributed by atoms with Crippen LogP contribution in [0.15, 0.2) is 41.8 Å². The maximum atomic E-state index is 12.3. The second-order valence-electron chi connectivity index (χ2n) is 4.69. The lowest BCUT2D eigenvalue weighted by Gasteiger charge is -2.16. The van der Waals surface area contributed by atoms with Crippen LogP contribution in [0.25, 0.3) is 0 Å². The average molecular weight is 303 g/mol. The molecule has 0 radical (unpaired) electrons. The van der Waals surface area contributed by atoms with E-state index in [9.17, 15) is 9.59 Å². The van der Waals surface area contributed by atoms with E-state index < -0.39 is 0 Å². The zero-order valence-corrected chi connectivity index (χ0v) is 12.8. The van der Waals surface area contributed by atoms with Crippen LogP contribution in [0.2, 0.25) is 0 Å². The number of amides is 1. The van der Waals surface area contributed by atoms with E-state index in [1.165, 1.54) is 18.4 Å². The van der Waals surface area contributed by atoms with Gasteiger partial charge in [-0.2, -0.15) is 0 Å². The van der Waals surface area contributed by atoms with Gasteiger partial charge >= 0.3 is 5.97 Å². The van der Waals surface area contributed by atoms with Gasteiger partial charge in [0.1, 0.15) is 0 Å². The van der Waals surface area contributed by atoms with Gasteiger partial charge in [-0.15, -0.1) is 11.3 Å². The van der Waals surface area contributed by atoms with Crippen molar-refractivity contribution in [2.75, 3.05) is 7.11 Å². The summed E-state index contributed by atoms with van der Waals surface area (Å²) in [6, 6.07) is 10.7. The van der Waals surface area contributed by atoms with Crippen LogP contribution in [0.1, 0.15) is 33.3 Å². The first kappa shape index (κ1) is 15.3. The summed E-state index contributed by atoms with van der Waals surface area (Å²) in [6.45, 7) is 1.97. The minimum Gasteiger partial charge on any atom is -0.469 e. The molecule has 1 atom stereocenters. The topological polar surface area (TPSA) is 55.4 Å². The Balaban J connectivity index is 2.12. The van der Waals surface area contributed by atoms with Gasteiger partial charge in [-0.05, 0) is 30.5 Å². The number of benzene rings is 1. The molecule has 110 valence electrons. The molecular weight excluding hydrogens is 286 g/mol. The van der Waals surface area contributed by atoms with E-state index in [4.69, 9.17) is 4.74 Å². The average Bonchev–Trinajstić information content (AvgIpc) is 3.01. The summed E-state index contributed by atoms with van der Waals surface area (Å²) >= 11 is 1.50. The van der Waals surface area contributed by atoms with Gasteiger partial charge in [0.25, 0.3) is 5.91 Å². The molecule has 1 aromatic heterocycles. The number of rotatable bonds is 5. The zero-order valence-electron chi connectivity index (χ0n) is 12.0. The summed E-state index contributed by atoms with van der Waals surface area (Å²) in [6.07, 6.45) is 0.120. The van der Waals surface area contributed by atoms with Gasteiger partial charge < -0.3 is 10.1 Å². The molecule has 0 aliphatic heterocycles. The highest BCUT2D eigenvalue weighted by molar-refractivity contribution is 7.10. The summed E-state index contributed by atoms with van der Waals surface area (Å²) in [4.78, 5) is 24.7. The molecule has 5 heteroatoms. The van der Waals surface area contributed by atoms with Gasteiger partial charge in [0.15, 0.2) is 0 Å². The summed E-state index contributed by atoms with van der Waals surface area (Å²) in [5.74, 6) is -0.546. The van der Waals surface area contributed by atoms with E-state index in [0.717, 1.165) is 10.4 Å². The Bertz CT molecular complexity index is 605. The number of hydrogen-bond donors (Lipinski definition) is 1. The first-order valence-electron chi connectivity index (χ1n) is 6.58. The molecular formula is C16H17NO3S. The van der Waals surface area contributed by atoms with Gasteiger partial charge in [0, 0.05) is 10.4 Å². The van der Waals surface area contributed by atoms with E-state index >= 15 is 0 Å². The van der Waals surface area contributed by atoms with E-state index in [2.05, 4.69) is 5.32 Å². The van der Waals surface area contributed by atoms with Crippen LogP contribution in [0.3, 0.4) is 0 Å². The van der Waals surface area contributed by atoms with E-state index in [1.54, 1.807) is 12.1 Å². The Morgan fingerprint density at radius 1 is 1.24 bits per heavy atom. The molecule has 0 aliphatic rings. The molecule has 21 heavy (non-hydrogen) atoms. The SMILES string of the molecule is COC(=O)CC(NC(=O)c1ccc(C)cc1)c1cccs1. The minimum atomic E-state index is -0.369. The highest BCUT2D eigenvalue weighted by atomic mass is 32.1. The third-order valence-electron chi connectivity index (χ3n) is 3.10. The van der Waals surface area contributed by atoms with Crippen LogP contribution in [0.4, 0.5) is 0 Å². The normalized spacial score (nSPS) is 11.7. The molecule has 0 bridgehead atoms. The summed E-state index contributed by atoms with van der Waals surface area (Å²) < 4.78 is 4.70. The van der Waals surface area contributed by atoms with Crippen LogP contribution in [-0.2, 0) is 9.53 Å². The first-order chi connectivity index (χ1) is 10.1. The molecule has 1 aromatic carbocycles. The molecule has 1 N–H and O–H groups in total. The van der Waals surface area contributed by atoms with Gasteiger partial charge in [-0.1, -0.05) is 23.8 Å². The van der Waals surface area contributed by atoms with Crippen molar-refractivity contribution >= 4 is 23.2 Å². The molecule has 1 amide bonds. The van der Waals surface area contributed by atoms with Crippen LogP contribution in [0.5, 0.6) is 0 Å². The van der Waals surface area contributed by atoms with Crippen molar-refractivity contribution in [1.29, 1.82) is 0 Å². The maximum Gasteiger partial charge on any atom is 0.307 e. The second-order valence-corrected chi connectivity index (χ2v) is 5.67. The predicted octanol–water partition coefficient (Wildman–Crippen LogP) is 3.09. The van der Waals surface area contributed by atoms with Crippen LogP contribution < -0.4 is 5.32 Å². The monoisotopic (exact) mass is 303 g/mol. The Morgan fingerprint density at radius 2 is 1.95 bits per heavy atom. The van der Waals surface area contributed by atoms with E-state index in [1.807, 2.05) is 36.6 Å². The molecule has 0 saturated carbocycles. The zero-order chi connectivity index (χ0) is 15.2. The molecule has 1 unspecified atom stereocenters. The summed E-state index contributed by atoms with van der Waals surface area (Å²) in [7, 11) is 1.34. The van der Waals surface area contributed by atoms with Gasteiger partial charge in [-0.3, -0.25) is 9.59 Å². The van der Waals surface area contributed by atoms with Crippen LogP contribution >= 0.6 is 11.3 Å². The number of thiophene rings is 1. The fraction of sp³-hybridized carbons (Fsp3) is 0.250. The van der Waals surface area contributed by atoms with Crippen molar-refractivity contribution in [2.45, 2.75) is 19.4 Å². The lowest BCUT2D eigenvalue weighted by atomic mass is 10.1. The quantitative estimate of drug-likeness (QED) is 0.864. The molecule has 2 aromatic rings. The number of hydrogen-bond acceptors (Lipinski definition) is 4. The second kappa shape index (κ2) is 7.04. The Kier molecular flexibility index (Phi) is 5.11. The minimum absolute atomic E-state index is 0.120. The van der Waals surface area contributed by atoms with Crippen molar-refractivity contribution in [3.8, 4) is 0 Å². The van der Waals surface area contributed by atoms with Crippen LogP contribution in [0, 0.1) is 6.92 Å². The van der Waals surface area contributed by atoms with Gasteiger partial charge in [0.05, 0.1) is 19.6 Å². The van der Waals surface area contributed by atoms with Gasteiger partial charge in [0.2, 0.25) is 0 Å². The first-order valence-corrected chi connectivity index (χ1v) is 7.46. The molecule has 0 spiro atoms. The largest absolute Gasteiger partial charge is 0.469 e. The number of ether oxygens (including phenoxy) is 1. The molecule has 1 heterocycles. The van der Waals surface area contributed by atoms with Crippen molar-refractivity contribution in [2.24, 2.45) is 0 Å². The Morgan fingerprint density at radius 3 is 2.52 bits per heavy atom. The lowest BCUT2D eigenvalue weighted by Crippen LogP contribution is -2.30. The molecule has 0 fully saturated rings. The number of aryl methyl sites for hydroxylation is 1. The fourth-order valence-corrected chi connectivity index (χ4v) is 2.69. The number of methoxy groups -OCH3 is 1. The third-order valence-corrected chi connectivity index (χ3v) is 4.09. The number of nitrogens with one attached hydrogen (secondary N) is 1. The number of carbonyl (C=O) groups is 2. The van der Waals surface area contributed by atoms with E-state index in [0.29, 0.717) is 5.56 Å². The summed E-state index contributed by atoms with van der Waals surface area (Å²) in [5, 5.41) is 4.81. The standard InChI is InChI=1S/C16H17NO3S/c1-11-5-7-12(8-6-11)16(19)17-13(10-15(18)20-2)14-4-3-9-21-14/h3-9,13H,10H2,1-2H3,(H,17,19). The van der Waals surface area contributed by atoms with Gasteiger partial charge in [-0.25, -0.2) is 0 Å². The maximum absolute atomic E-state index is 12.3. The molecule has 0 saturated heterocycles. The molecule has 2 rings (SSSR count). The van der Waals surface area contributed by atoms with Crippen molar-refractivity contribution in [3.05, 3.63) is 57.8 Å². The van der Waals surface area contributed by atoms with Crippen molar-refractivity contribution in [3.63, 3.8) is 0 Å².